The number of nitrogens with one attached hydrogen (secondary N) is 2. The molecule has 0 spiro atoms. The first-order valence-corrected chi connectivity index (χ1v) is 11.6. The summed E-state index contributed by atoms with van der Waals surface area (Å²) in [6.45, 7) is 12.1. The number of rotatable bonds is 6. The monoisotopic (exact) mass is 435 g/mol. The van der Waals surface area contributed by atoms with Crippen molar-refractivity contribution >= 4 is 5.69 Å². The first-order valence-electron chi connectivity index (χ1n) is 11.6. The molecule has 2 aromatic carbocycles. The van der Waals surface area contributed by atoms with Crippen LogP contribution in [-0.2, 0) is 12.1 Å². The predicted molar refractivity (Wildman–Crippen MR) is 127 cm³/mol. The normalized spacial score (nSPS) is 20.2. The quantitative estimate of drug-likeness (QED) is 0.594. The van der Waals surface area contributed by atoms with E-state index < -0.39 is 0 Å². The van der Waals surface area contributed by atoms with Gasteiger partial charge in [-0.2, -0.15) is 0 Å². The van der Waals surface area contributed by atoms with E-state index in [9.17, 15) is 0 Å². The third kappa shape index (κ3) is 5.00. The molecule has 0 bridgehead atoms. The number of quaternary nitrogens is 2. The zero-order valence-electron chi connectivity index (χ0n) is 20.0. The lowest BCUT2D eigenvalue weighted by Gasteiger charge is -2.35. The van der Waals surface area contributed by atoms with Crippen LogP contribution in [0.3, 0.4) is 0 Å². The molecule has 1 aliphatic rings. The summed E-state index contributed by atoms with van der Waals surface area (Å²) in [5, 5.41) is 13.0. The minimum atomic E-state index is -0.166. The Hall–Kier alpha value is -2.77. The number of aromatic nitrogens is 4. The Morgan fingerprint density at radius 1 is 0.938 bits per heavy atom. The van der Waals surface area contributed by atoms with Crippen LogP contribution in [0, 0.1) is 0 Å². The Labute approximate surface area is 191 Å². The molecule has 1 aromatic heterocycles. The van der Waals surface area contributed by atoms with Gasteiger partial charge in [0, 0.05) is 30.9 Å². The fourth-order valence-corrected chi connectivity index (χ4v) is 4.66. The Bertz CT molecular complexity index is 981. The summed E-state index contributed by atoms with van der Waals surface area (Å²) in [6, 6.07) is 19.8. The Balaban J connectivity index is 1.58. The first-order chi connectivity index (χ1) is 15.3. The van der Waals surface area contributed by atoms with Crippen LogP contribution in [0.25, 0.3) is 0 Å². The van der Waals surface area contributed by atoms with Gasteiger partial charge in [-0.15, -0.1) is 5.10 Å². The van der Waals surface area contributed by atoms with Crippen LogP contribution < -0.4 is 14.7 Å². The van der Waals surface area contributed by atoms with Crippen LogP contribution in [0.4, 0.5) is 5.69 Å². The molecule has 0 aliphatic carbocycles. The second-order valence-electron chi connectivity index (χ2n) is 10.1. The molecule has 1 aliphatic heterocycles. The Morgan fingerprint density at radius 2 is 1.59 bits per heavy atom. The van der Waals surface area contributed by atoms with E-state index >= 15 is 0 Å². The number of hydrogen-bond acceptors (Lipinski definition) is 4. The summed E-state index contributed by atoms with van der Waals surface area (Å²) in [7, 11) is 4.15. The lowest BCUT2D eigenvalue weighted by Crippen LogP contribution is -3.27. The summed E-state index contributed by atoms with van der Waals surface area (Å²) >= 11 is 0. The molecule has 2 heterocycles. The maximum atomic E-state index is 4.54. The van der Waals surface area contributed by atoms with E-state index in [2.05, 4.69) is 110 Å². The summed E-state index contributed by atoms with van der Waals surface area (Å²) in [4.78, 5) is 5.33. The molecule has 7 nitrogen and oxygen atoms in total. The minimum absolute atomic E-state index is 0.124. The molecule has 0 saturated carbocycles. The van der Waals surface area contributed by atoms with Crippen molar-refractivity contribution in [3.8, 4) is 0 Å². The van der Waals surface area contributed by atoms with E-state index in [0.29, 0.717) is 0 Å². The Kier molecular flexibility index (Phi) is 6.58. The molecule has 2 N–H and O–H groups in total. The molecule has 7 heteroatoms. The lowest BCUT2D eigenvalue weighted by atomic mass is 10.0. The van der Waals surface area contributed by atoms with Crippen molar-refractivity contribution in [3.63, 3.8) is 0 Å². The van der Waals surface area contributed by atoms with E-state index in [4.69, 9.17) is 0 Å². The van der Waals surface area contributed by atoms with Gasteiger partial charge in [0.05, 0.1) is 5.54 Å². The number of benzene rings is 2. The van der Waals surface area contributed by atoms with Crippen LogP contribution in [0.5, 0.6) is 0 Å². The van der Waals surface area contributed by atoms with Crippen molar-refractivity contribution < 1.29 is 9.80 Å². The maximum absolute atomic E-state index is 4.54. The fourth-order valence-electron chi connectivity index (χ4n) is 4.66. The van der Waals surface area contributed by atoms with Crippen molar-refractivity contribution in [1.29, 1.82) is 0 Å². The fraction of sp³-hybridized carbons (Fsp3) is 0.480. The van der Waals surface area contributed by atoms with Gasteiger partial charge in [-0.25, -0.2) is 4.68 Å². The smallest absolute Gasteiger partial charge is 0.214 e. The molecule has 4 rings (SSSR count). The number of hydrogen-bond donors (Lipinski definition) is 2. The zero-order chi connectivity index (χ0) is 22.7. The lowest BCUT2D eigenvalue weighted by molar-refractivity contribution is -1.03. The van der Waals surface area contributed by atoms with Crippen molar-refractivity contribution in [1.82, 2.24) is 20.2 Å². The summed E-state index contributed by atoms with van der Waals surface area (Å²) in [5.74, 6) is 0.955. The predicted octanol–water partition coefficient (Wildman–Crippen LogP) is 0.567. The van der Waals surface area contributed by atoms with Gasteiger partial charge in [0.2, 0.25) is 5.82 Å². The second-order valence-corrected chi connectivity index (χ2v) is 10.1. The third-order valence-corrected chi connectivity index (χ3v) is 6.43. The van der Waals surface area contributed by atoms with E-state index in [1.165, 1.54) is 16.8 Å². The first kappa shape index (κ1) is 22.4. The van der Waals surface area contributed by atoms with Gasteiger partial charge < -0.3 is 14.7 Å². The van der Waals surface area contributed by atoms with Gasteiger partial charge in [-0.1, -0.05) is 42.5 Å². The zero-order valence-corrected chi connectivity index (χ0v) is 20.0. The topological polar surface area (TPSA) is 55.7 Å². The van der Waals surface area contributed by atoms with Gasteiger partial charge in [0.1, 0.15) is 32.7 Å². The average molecular weight is 436 g/mol. The molecule has 1 saturated heterocycles. The van der Waals surface area contributed by atoms with E-state index in [-0.39, 0.29) is 11.6 Å². The maximum Gasteiger partial charge on any atom is 0.214 e. The van der Waals surface area contributed by atoms with Crippen molar-refractivity contribution in [2.75, 3.05) is 45.2 Å². The van der Waals surface area contributed by atoms with E-state index in [0.717, 1.165) is 38.5 Å². The van der Waals surface area contributed by atoms with Gasteiger partial charge in [0.15, 0.2) is 6.04 Å². The summed E-state index contributed by atoms with van der Waals surface area (Å²) in [6.07, 6.45) is 0. The molecular weight excluding hydrogens is 398 g/mol. The highest BCUT2D eigenvalue weighted by molar-refractivity contribution is 5.46. The highest BCUT2D eigenvalue weighted by Crippen LogP contribution is 2.24. The van der Waals surface area contributed by atoms with Crippen LogP contribution in [-0.4, -0.2) is 60.5 Å². The summed E-state index contributed by atoms with van der Waals surface area (Å²) < 4.78 is 2.01. The molecule has 1 fully saturated rings. The van der Waals surface area contributed by atoms with Crippen LogP contribution in [0.2, 0.25) is 0 Å². The van der Waals surface area contributed by atoms with Crippen molar-refractivity contribution in [2.24, 2.45) is 0 Å². The second kappa shape index (κ2) is 9.38. The number of anilines is 1. The SMILES string of the molecule is CN(C)c1ccc([C@H](c2nnnn2C(C)(C)C)[NH+]2CC[NH+](Cc3ccccc3)CC2)cc1. The number of tetrazole rings is 1. The van der Waals surface area contributed by atoms with Gasteiger partial charge in [-0.3, -0.25) is 0 Å². The highest BCUT2D eigenvalue weighted by atomic mass is 15.6. The molecular formula is C25H37N7+2. The van der Waals surface area contributed by atoms with Crippen LogP contribution in [0.15, 0.2) is 54.6 Å². The third-order valence-electron chi connectivity index (χ3n) is 6.43. The average Bonchev–Trinajstić information content (AvgIpc) is 3.26. The van der Waals surface area contributed by atoms with Gasteiger partial charge >= 0.3 is 0 Å². The molecule has 32 heavy (non-hydrogen) atoms. The number of piperazine rings is 1. The highest BCUT2D eigenvalue weighted by Gasteiger charge is 2.37. The minimum Gasteiger partial charge on any atom is -0.378 e. The van der Waals surface area contributed by atoms with Gasteiger partial charge in [0.25, 0.3) is 0 Å². The molecule has 0 unspecified atom stereocenters. The molecule has 1 atom stereocenters. The van der Waals surface area contributed by atoms with Crippen molar-refractivity contribution in [2.45, 2.75) is 38.9 Å². The summed E-state index contributed by atoms with van der Waals surface area (Å²) in [5.41, 5.74) is 3.73. The standard InChI is InChI=1S/C25H35N7/c1-25(2,3)32-24(26-27-28-32)23(21-11-13-22(14-12-21)29(4)5)31-17-15-30(16-18-31)19-20-9-7-6-8-10-20/h6-14,23H,15-19H2,1-5H3/p+2/t23-/m1/s1. The van der Waals surface area contributed by atoms with E-state index in [1.807, 2.05) is 4.68 Å². The number of nitrogens with zero attached hydrogens (tertiary/aromatic N) is 5. The van der Waals surface area contributed by atoms with Crippen molar-refractivity contribution in [3.05, 3.63) is 71.5 Å². The van der Waals surface area contributed by atoms with Gasteiger partial charge in [-0.05, 0) is 43.3 Å². The molecule has 3 aromatic rings. The molecule has 170 valence electrons. The van der Waals surface area contributed by atoms with E-state index in [1.54, 1.807) is 9.80 Å². The molecule has 0 radical (unpaired) electrons. The molecule has 0 amide bonds. The van der Waals surface area contributed by atoms with Crippen LogP contribution in [0.1, 0.15) is 43.8 Å². The largest absolute Gasteiger partial charge is 0.378 e. The Morgan fingerprint density at radius 3 is 2.19 bits per heavy atom. The van der Waals surface area contributed by atoms with Crippen LogP contribution >= 0.6 is 0 Å².